The molecule has 29 heavy (non-hydrogen) atoms. The van der Waals surface area contributed by atoms with Gasteiger partial charge in [0.25, 0.3) is 5.96 Å². The third-order valence-electron chi connectivity index (χ3n) is 3.58. The van der Waals surface area contributed by atoms with Crippen LogP contribution in [-0.2, 0) is 16.1 Å². The van der Waals surface area contributed by atoms with Crippen LogP contribution >= 0.6 is 0 Å². The van der Waals surface area contributed by atoms with Gasteiger partial charge in [-0.3, -0.25) is 4.79 Å². The second-order valence-corrected chi connectivity index (χ2v) is 5.70. The molecule has 160 valence electrons. The molecule has 0 fully saturated rings. The summed E-state index contributed by atoms with van der Waals surface area (Å²) >= 11 is 0. The summed E-state index contributed by atoms with van der Waals surface area (Å²) in [5.41, 5.74) is 16.8. The van der Waals surface area contributed by atoms with E-state index in [4.69, 9.17) is 17.2 Å². The van der Waals surface area contributed by atoms with Crippen LogP contribution in [0, 0.1) is 10.1 Å². The lowest BCUT2D eigenvalue weighted by Crippen LogP contribution is -2.50. The molecule has 0 aliphatic heterocycles. The Morgan fingerprint density at radius 3 is 2.28 bits per heavy atom. The third kappa shape index (κ3) is 7.61. The van der Waals surface area contributed by atoms with E-state index in [2.05, 4.69) is 9.84 Å². The average Bonchev–Trinajstić information content (AvgIpc) is 2.60. The molecule has 0 radical (unpaired) electrons. The molecule has 1 amide bonds. The number of carbonyl (C=O) groups excluding carboxylic acids is 2. The molecule has 0 saturated heterocycles. The molecule has 1 rings (SSSR count). The molecule has 0 spiro atoms. The lowest BCUT2D eigenvalue weighted by atomic mass is 10.1. The molecule has 1 aromatic rings. The number of hydrogen-bond donors (Lipinski definition) is 3. The highest BCUT2D eigenvalue weighted by atomic mass is 19.4. The fraction of sp³-hybridized carbons (Fsp3) is 0.400. The highest BCUT2D eigenvalue weighted by Gasteiger charge is 2.41. The summed E-state index contributed by atoms with van der Waals surface area (Å²) in [7, 11) is 0. The maximum atomic E-state index is 12.2. The van der Waals surface area contributed by atoms with Crippen LogP contribution in [0.2, 0.25) is 0 Å². The predicted octanol–water partition coefficient (Wildman–Crippen LogP) is 0.0555. The van der Waals surface area contributed by atoms with Gasteiger partial charge in [0.05, 0.1) is 0 Å². The van der Waals surface area contributed by atoms with Gasteiger partial charge in [-0.05, 0) is 37.1 Å². The monoisotopic (exact) mass is 420 g/mol. The van der Waals surface area contributed by atoms with Crippen molar-refractivity contribution in [2.75, 3.05) is 6.54 Å². The number of esters is 1. The smallest absolute Gasteiger partial charge is 0.420 e. The number of halogens is 3. The Morgan fingerprint density at radius 1 is 1.24 bits per heavy atom. The van der Waals surface area contributed by atoms with Gasteiger partial charge in [0.1, 0.15) is 16.9 Å². The number of guanidine groups is 1. The van der Waals surface area contributed by atoms with Crippen LogP contribution in [-0.4, -0.2) is 46.5 Å². The SMILES string of the molecule is NCCC[C@H](C(N)=O)N(Cc1ccc(OC(=O)C(F)(F)F)cc1)C(N)=N[N+](=O)[O-]. The van der Waals surface area contributed by atoms with Gasteiger partial charge in [-0.15, -0.1) is 0 Å². The van der Waals surface area contributed by atoms with Crippen LogP contribution < -0.4 is 21.9 Å². The first-order valence-corrected chi connectivity index (χ1v) is 8.08. The number of nitrogens with two attached hydrogens (primary N) is 3. The second kappa shape index (κ2) is 10.2. The van der Waals surface area contributed by atoms with Crippen LogP contribution in [0.3, 0.4) is 0 Å². The normalized spacial score (nSPS) is 12.9. The summed E-state index contributed by atoms with van der Waals surface area (Å²) in [4.78, 5) is 34.3. The number of nitrogens with zero attached hydrogens (tertiary/aromatic N) is 3. The van der Waals surface area contributed by atoms with Crippen molar-refractivity contribution in [2.24, 2.45) is 22.3 Å². The molecule has 0 aliphatic rings. The number of nitro groups is 1. The van der Waals surface area contributed by atoms with E-state index in [1.165, 1.54) is 12.1 Å². The van der Waals surface area contributed by atoms with Crippen LogP contribution in [0.25, 0.3) is 0 Å². The molecule has 0 unspecified atom stereocenters. The zero-order valence-electron chi connectivity index (χ0n) is 15.0. The van der Waals surface area contributed by atoms with Crippen LogP contribution in [0.5, 0.6) is 5.75 Å². The van der Waals surface area contributed by atoms with Gasteiger partial charge < -0.3 is 26.8 Å². The maximum absolute atomic E-state index is 12.2. The molecule has 6 N–H and O–H groups in total. The summed E-state index contributed by atoms with van der Waals surface area (Å²) in [6.07, 6.45) is -4.65. The van der Waals surface area contributed by atoms with Crippen LogP contribution in [0.4, 0.5) is 13.2 Å². The van der Waals surface area contributed by atoms with E-state index in [1.54, 1.807) is 0 Å². The van der Waals surface area contributed by atoms with Crippen molar-refractivity contribution in [3.63, 3.8) is 0 Å². The van der Waals surface area contributed by atoms with Gasteiger partial charge in [0.15, 0.2) is 5.03 Å². The molecular weight excluding hydrogens is 401 g/mol. The first-order valence-electron chi connectivity index (χ1n) is 8.08. The standard InChI is InChI=1S/C15H19F3N6O5/c16-15(17,18)13(26)29-10-5-3-9(4-6-10)8-23(14(21)22-24(27)28)11(12(20)25)2-1-7-19/h3-6,11H,1-2,7-8,19H2,(H2,20,25)(H2,21,22)/t11-/m1/s1. The number of ether oxygens (including phenoxy) is 1. The van der Waals surface area contributed by atoms with Gasteiger partial charge in [0.2, 0.25) is 5.91 Å². The second-order valence-electron chi connectivity index (χ2n) is 5.70. The summed E-state index contributed by atoms with van der Waals surface area (Å²) in [5, 5.41) is 12.6. The number of benzene rings is 1. The summed E-state index contributed by atoms with van der Waals surface area (Å²) in [6, 6.07) is 3.66. The number of primary amides is 1. The van der Waals surface area contributed by atoms with Crippen molar-refractivity contribution in [1.29, 1.82) is 0 Å². The molecule has 11 nitrogen and oxygen atoms in total. The highest BCUT2D eigenvalue weighted by molar-refractivity contribution is 5.87. The number of amides is 1. The summed E-state index contributed by atoms with van der Waals surface area (Å²) in [6.45, 7) is 0.0397. The predicted molar refractivity (Wildman–Crippen MR) is 93.6 cm³/mol. The van der Waals surface area contributed by atoms with Gasteiger partial charge >= 0.3 is 12.1 Å². The average molecular weight is 420 g/mol. The third-order valence-corrected chi connectivity index (χ3v) is 3.58. The van der Waals surface area contributed by atoms with E-state index >= 15 is 0 Å². The minimum atomic E-state index is -5.15. The zero-order valence-corrected chi connectivity index (χ0v) is 15.0. The van der Waals surface area contributed by atoms with E-state index in [0.29, 0.717) is 12.0 Å². The first kappa shape index (κ1) is 23.6. The van der Waals surface area contributed by atoms with E-state index in [-0.39, 0.29) is 25.3 Å². The largest absolute Gasteiger partial charge is 0.491 e. The minimum Gasteiger partial charge on any atom is -0.420 e. The zero-order chi connectivity index (χ0) is 22.2. The Hall–Kier alpha value is -3.42. The fourth-order valence-corrected chi connectivity index (χ4v) is 2.28. The molecule has 1 aromatic carbocycles. The summed E-state index contributed by atoms with van der Waals surface area (Å²) in [5.74, 6) is -4.17. The van der Waals surface area contributed by atoms with E-state index in [1.807, 2.05) is 0 Å². The van der Waals surface area contributed by atoms with E-state index in [0.717, 1.165) is 17.0 Å². The fourth-order valence-electron chi connectivity index (χ4n) is 2.28. The lowest BCUT2D eigenvalue weighted by molar-refractivity contribution is -0.485. The highest BCUT2D eigenvalue weighted by Crippen LogP contribution is 2.21. The first-order chi connectivity index (χ1) is 13.5. The number of hydrogen-bond acceptors (Lipinski definition) is 6. The van der Waals surface area contributed by atoms with Gasteiger partial charge in [-0.2, -0.15) is 13.2 Å². The number of alkyl halides is 3. The molecule has 0 heterocycles. The lowest BCUT2D eigenvalue weighted by Gasteiger charge is -2.29. The minimum absolute atomic E-state index is 0.140. The van der Waals surface area contributed by atoms with Crippen LogP contribution in [0.1, 0.15) is 18.4 Å². The van der Waals surface area contributed by atoms with E-state index in [9.17, 15) is 32.9 Å². The number of hydrazone groups is 1. The molecule has 0 aromatic heterocycles. The Balaban J connectivity index is 3.08. The molecule has 14 heteroatoms. The van der Waals surface area contributed by atoms with Gasteiger partial charge in [-0.25, -0.2) is 14.9 Å². The van der Waals surface area contributed by atoms with E-state index < -0.39 is 35.1 Å². The Morgan fingerprint density at radius 2 is 1.83 bits per heavy atom. The molecule has 0 bridgehead atoms. The quantitative estimate of drug-likeness (QED) is 0.125. The van der Waals surface area contributed by atoms with Crippen molar-refractivity contribution in [3.8, 4) is 5.75 Å². The molecule has 0 aliphatic carbocycles. The Labute approximate surface area is 162 Å². The maximum Gasteiger partial charge on any atom is 0.491 e. The molecule has 0 saturated carbocycles. The van der Waals surface area contributed by atoms with Crippen molar-refractivity contribution in [2.45, 2.75) is 31.6 Å². The van der Waals surface area contributed by atoms with Crippen molar-refractivity contribution < 1.29 is 32.5 Å². The van der Waals surface area contributed by atoms with Gasteiger partial charge in [0, 0.05) is 6.54 Å². The van der Waals surface area contributed by atoms with Crippen molar-refractivity contribution in [3.05, 3.63) is 39.9 Å². The van der Waals surface area contributed by atoms with Crippen molar-refractivity contribution >= 4 is 17.8 Å². The molecule has 1 atom stereocenters. The molecular formula is C15H19F3N6O5. The van der Waals surface area contributed by atoms with Crippen molar-refractivity contribution in [1.82, 2.24) is 4.90 Å². The van der Waals surface area contributed by atoms with Crippen LogP contribution in [0.15, 0.2) is 29.4 Å². The summed E-state index contributed by atoms with van der Waals surface area (Å²) < 4.78 is 40.9. The Kier molecular flexibility index (Phi) is 8.32. The Bertz CT molecular complexity index is 769. The number of carbonyl (C=O) groups is 2. The van der Waals surface area contributed by atoms with Gasteiger partial charge in [-0.1, -0.05) is 12.1 Å². The topological polar surface area (TPSA) is 180 Å². The number of rotatable bonds is 9.